The highest BCUT2D eigenvalue weighted by Crippen LogP contribution is 2.22. The molecule has 5 nitrogen and oxygen atoms in total. The minimum atomic E-state index is 0.0648. The Morgan fingerprint density at radius 3 is 2.83 bits per heavy atom. The summed E-state index contributed by atoms with van der Waals surface area (Å²) in [5.41, 5.74) is 1.90. The van der Waals surface area contributed by atoms with Crippen LogP contribution in [0.5, 0.6) is 0 Å². The molecule has 102 valence electrons. The predicted molar refractivity (Wildman–Crippen MR) is 70.1 cm³/mol. The molecule has 1 aromatic heterocycles. The van der Waals surface area contributed by atoms with Crippen LogP contribution in [0.15, 0.2) is 0 Å². The molecule has 2 atom stereocenters. The van der Waals surface area contributed by atoms with Gasteiger partial charge in [-0.05, 0) is 14.0 Å². The molecule has 6 heteroatoms. The van der Waals surface area contributed by atoms with Gasteiger partial charge in [-0.15, -0.1) is 0 Å². The lowest BCUT2D eigenvalue weighted by Gasteiger charge is -2.30. The third-order valence-electron chi connectivity index (χ3n) is 3.34. The van der Waals surface area contributed by atoms with Gasteiger partial charge in [-0.25, -0.2) is 0 Å². The van der Waals surface area contributed by atoms with Crippen molar-refractivity contribution in [3.05, 3.63) is 16.4 Å². The third-order valence-corrected chi connectivity index (χ3v) is 3.83. The van der Waals surface area contributed by atoms with Crippen molar-refractivity contribution in [3.63, 3.8) is 0 Å². The van der Waals surface area contributed by atoms with Gasteiger partial charge in [-0.2, -0.15) is 5.10 Å². The van der Waals surface area contributed by atoms with Gasteiger partial charge >= 0.3 is 0 Å². The average molecular weight is 274 g/mol. The van der Waals surface area contributed by atoms with E-state index >= 15 is 0 Å². The molecule has 0 saturated carbocycles. The Balaban J connectivity index is 2.09. The second-order valence-corrected chi connectivity index (χ2v) is 4.93. The summed E-state index contributed by atoms with van der Waals surface area (Å²) in [7, 11) is 3.85. The first-order chi connectivity index (χ1) is 8.63. The van der Waals surface area contributed by atoms with Crippen molar-refractivity contribution in [3.8, 4) is 0 Å². The second kappa shape index (κ2) is 6.02. The molecule has 0 aromatic carbocycles. The Labute approximate surface area is 112 Å². The number of hydrogen-bond donors (Lipinski definition) is 1. The van der Waals surface area contributed by atoms with E-state index in [0.29, 0.717) is 19.8 Å². The number of aryl methyl sites for hydroxylation is 2. The van der Waals surface area contributed by atoms with E-state index in [0.717, 1.165) is 22.8 Å². The number of hydrogen-bond acceptors (Lipinski definition) is 4. The third kappa shape index (κ3) is 2.85. The smallest absolute Gasteiger partial charge is 0.0965 e. The molecule has 0 radical (unpaired) electrons. The highest BCUT2D eigenvalue weighted by Gasteiger charge is 2.26. The summed E-state index contributed by atoms with van der Waals surface area (Å²) in [5.74, 6) is 0. The number of halogens is 1. The summed E-state index contributed by atoms with van der Waals surface area (Å²) in [6.45, 7) is 3.87. The maximum Gasteiger partial charge on any atom is 0.0965 e. The quantitative estimate of drug-likeness (QED) is 0.887. The SMILES string of the molecule is CNC(Cc1c(Cl)c(C)nn1C)C1COCCO1. The average Bonchev–Trinajstić information content (AvgIpc) is 2.62. The van der Waals surface area contributed by atoms with Crippen molar-refractivity contribution in [1.29, 1.82) is 0 Å². The zero-order valence-corrected chi connectivity index (χ0v) is 11.8. The summed E-state index contributed by atoms with van der Waals surface area (Å²) in [6, 6.07) is 0.178. The molecule has 0 spiro atoms. The first-order valence-corrected chi connectivity index (χ1v) is 6.56. The van der Waals surface area contributed by atoms with Crippen molar-refractivity contribution in [1.82, 2.24) is 15.1 Å². The van der Waals surface area contributed by atoms with Gasteiger partial charge in [-0.3, -0.25) is 4.68 Å². The van der Waals surface area contributed by atoms with Crippen LogP contribution in [0.4, 0.5) is 0 Å². The van der Waals surface area contributed by atoms with E-state index in [2.05, 4.69) is 10.4 Å². The summed E-state index contributed by atoms with van der Waals surface area (Å²) in [4.78, 5) is 0. The van der Waals surface area contributed by atoms with Gasteiger partial charge in [0.1, 0.15) is 0 Å². The van der Waals surface area contributed by atoms with Crippen LogP contribution in [-0.4, -0.2) is 48.8 Å². The molecule has 2 unspecified atom stereocenters. The minimum absolute atomic E-state index is 0.0648. The lowest BCUT2D eigenvalue weighted by Crippen LogP contribution is -2.46. The second-order valence-electron chi connectivity index (χ2n) is 4.55. The van der Waals surface area contributed by atoms with Gasteiger partial charge in [0.05, 0.1) is 42.3 Å². The van der Waals surface area contributed by atoms with E-state index in [4.69, 9.17) is 21.1 Å². The van der Waals surface area contributed by atoms with E-state index in [-0.39, 0.29) is 12.1 Å². The van der Waals surface area contributed by atoms with Gasteiger partial charge in [0.15, 0.2) is 0 Å². The van der Waals surface area contributed by atoms with Gasteiger partial charge in [-0.1, -0.05) is 11.6 Å². The number of nitrogens with zero attached hydrogens (tertiary/aromatic N) is 2. The van der Waals surface area contributed by atoms with E-state index < -0.39 is 0 Å². The number of likely N-dealkylation sites (N-methyl/N-ethyl adjacent to an activating group) is 1. The maximum absolute atomic E-state index is 6.27. The van der Waals surface area contributed by atoms with Crippen LogP contribution in [0, 0.1) is 6.92 Å². The van der Waals surface area contributed by atoms with E-state index in [9.17, 15) is 0 Å². The Morgan fingerprint density at radius 1 is 1.56 bits per heavy atom. The molecule has 0 aliphatic carbocycles. The highest BCUT2D eigenvalue weighted by molar-refractivity contribution is 6.31. The molecule has 1 aliphatic heterocycles. The molecular formula is C12H20ClN3O2. The molecular weight excluding hydrogens is 254 g/mol. The van der Waals surface area contributed by atoms with Crippen molar-refractivity contribution in [2.24, 2.45) is 7.05 Å². The molecule has 1 saturated heterocycles. The van der Waals surface area contributed by atoms with Crippen LogP contribution in [-0.2, 0) is 22.9 Å². The first kappa shape index (κ1) is 13.8. The summed E-state index contributed by atoms with van der Waals surface area (Å²) in [5, 5.41) is 8.35. The van der Waals surface area contributed by atoms with E-state index in [1.54, 1.807) is 0 Å². The van der Waals surface area contributed by atoms with Crippen molar-refractivity contribution < 1.29 is 9.47 Å². The lowest BCUT2D eigenvalue weighted by atomic mass is 10.0. The molecule has 1 aromatic rings. The maximum atomic E-state index is 6.27. The fourth-order valence-corrected chi connectivity index (χ4v) is 2.51. The van der Waals surface area contributed by atoms with Gasteiger partial charge < -0.3 is 14.8 Å². The normalized spacial score (nSPS) is 22.1. The first-order valence-electron chi connectivity index (χ1n) is 6.18. The van der Waals surface area contributed by atoms with Crippen LogP contribution in [0.1, 0.15) is 11.4 Å². The Kier molecular flexibility index (Phi) is 4.61. The summed E-state index contributed by atoms with van der Waals surface area (Å²) < 4.78 is 13.0. The minimum Gasteiger partial charge on any atom is -0.376 e. The molecule has 1 aliphatic rings. The van der Waals surface area contributed by atoms with Crippen molar-refractivity contribution >= 4 is 11.6 Å². The topological polar surface area (TPSA) is 48.3 Å². The Morgan fingerprint density at radius 2 is 2.33 bits per heavy atom. The monoisotopic (exact) mass is 273 g/mol. The molecule has 1 N–H and O–H groups in total. The zero-order valence-electron chi connectivity index (χ0n) is 11.1. The lowest BCUT2D eigenvalue weighted by molar-refractivity contribution is -0.101. The summed E-state index contributed by atoms with van der Waals surface area (Å²) >= 11 is 6.27. The number of ether oxygens (including phenoxy) is 2. The van der Waals surface area contributed by atoms with E-state index in [1.807, 2.05) is 25.7 Å². The fourth-order valence-electron chi connectivity index (χ4n) is 2.27. The molecule has 1 fully saturated rings. The molecule has 2 rings (SSSR count). The van der Waals surface area contributed by atoms with Crippen LogP contribution >= 0.6 is 11.6 Å². The van der Waals surface area contributed by atoms with E-state index in [1.165, 1.54) is 0 Å². The van der Waals surface area contributed by atoms with Crippen LogP contribution in [0.25, 0.3) is 0 Å². The highest BCUT2D eigenvalue weighted by atomic mass is 35.5. The molecule has 0 bridgehead atoms. The van der Waals surface area contributed by atoms with Crippen molar-refractivity contribution in [2.45, 2.75) is 25.5 Å². The molecule has 18 heavy (non-hydrogen) atoms. The summed E-state index contributed by atoms with van der Waals surface area (Å²) in [6.07, 6.45) is 0.843. The largest absolute Gasteiger partial charge is 0.376 e. The van der Waals surface area contributed by atoms with Gasteiger partial charge in [0.25, 0.3) is 0 Å². The van der Waals surface area contributed by atoms with Crippen LogP contribution in [0.2, 0.25) is 5.02 Å². The fraction of sp³-hybridized carbons (Fsp3) is 0.750. The van der Waals surface area contributed by atoms with Gasteiger partial charge in [0, 0.05) is 19.5 Å². The number of nitrogens with one attached hydrogen (secondary N) is 1. The number of aromatic nitrogens is 2. The van der Waals surface area contributed by atoms with Crippen molar-refractivity contribution in [2.75, 3.05) is 26.9 Å². The zero-order chi connectivity index (χ0) is 13.1. The molecule has 0 amide bonds. The standard InChI is InChI=1S/C12H20ClN3O2/c1-8-12(13)10(16(3)15-8)6-9(14-2)11-7-17-4-5-18-11/h9,11,14H,4-7H2,1-3H3. The Hall–Kier alpha value is -0.620. The predicted octanol–water partition coefficient (Wildman–Crippen LogP) is 0.928. The Bertz CT molecular complexity index is 402. The van der Waals surface area contributed by atoms with Crippen LogP contribution < -0.4 is 5.32 Å². The number of rotatable bonds is 4. The van der Waals surface area contributed by atoms with Gasteiger partial charge in [0.2, 0.25) is 0 Å². The molecule has 2 heterocycles. The van der Waals surface area contributed by atoms with Crippen LogP contribution in [0.3, 0.4) is 0 Å².